The molecule has 0 fully saturated rings. The molecule has 0 aliphatic rings. The summed E-state index contributed by atoms with van der Waals surface area (Å²) in [4.78, 5) is 0. The molecule has 0 bridgehead atoms. The molecule has 2 rings (SSSR count). The number of benzene rings is 2. The molecule has 1 atom stereocenters. The number of nitrogens with one attached hydrogen (secondary N) is 2. The maximum atomic E-state index is 6.13. The van der Waals surface area contributed by atoms with Gasteiger partial charge in [-0.25, -0.2) is 0 Å². The maximum Gasteiger partial charge on any atom is 0.171 e. The van der Waals surface area contributed by atoms with E-state index in [1.54, 1.807) is 18.2 Å². The van der Waals surface area contributed by atoms with E-state index in [1.165, 1.54) is 11.1 Å². The molecular formula is C18H20Cl2N2S. The molecule has 0 saturated carbocycles. The van der Waals surface area contributed by atoms with Gasteiger partial charge in [-0.15, -0.1) is 0 Å². The lowest BCUT2D eigenvalue weighted by molar-refractivity contribution is 0.721. The van der Waals surface area contributed by atoms with Gasteiger partial charge in [0.05, 0.1) is 16.8 Å². The van der Waals surface area contributed by atoms with E-state index in [1.807, 2.05) is 0 Å². The summed E-state index contributed by atoms with van der Waals surface area (Å²) in [5.41, 5.74) is 3.20. The van der Waals surface area contributed by atoms with E-state index >= 15 is 0 Å². The van der Waals surface area contributed by atoms with Gasteiger partial charge in [-0.2, -0.15) is 0 Å². The first-order valence-corrected chi connectivity index (χ1v) is 8.65. The Morgan fingerprint density at radius 3 is 2.17 bits per heavy atom. The molecule has 0 aliphatic heterocycles. The Bertz CT molecular complexity index is 684. The van der Waals surface area contributed by atoms with Gasteiger partial charge >= 0.3 is 0 Å². The standard InChI is InChI=1S/C18H20Cl2N2S/c1-11(2)13-4-6-14(7-5-13)12(3)21-18(23)22-17-10-15(19)8-9-16(17)20/h4-12H,1-3H3,(H2,21,22,23). The van der Waals surface area contributed by atoms with E-state index in [0.29, 0.717) is 26.8 Å². The molecule has 0 amide bonds. The molecule has 2 aromatic carbocycles. The molecule has 0 heterocycles. The third kappa shape index (κ3) is 5.10. The van der Waals surface area contributed by atoms with Crippen molar-refractivity contribution < 1.29 is 0 Å². The number of anilines is 1. The van der Waals surface area contributed by atoms with E-state index < -0.39 is 0 Å². The van der Waals surface area contributed by atoms with Crippen LogP contribution in [0.5, 0.6) is 0 Å². The normalized spacial score (nSPS) is 12.1. The van der Waals surface area contributed by atoms with Crippen molar-refractivity contribution in [3.8, 4) is 0 Å². The number of hydrogen-bond acceptors (Lipinski definition) is 1. The van der Waals surface area contributed by atoms with Gasteiger partial charge in [0.15, 0.2) is 5.11 Å². The Labute approximate surface area is 153 Å². The van der Waals surface area contributed by atoms with Gasteiger partial charge < -0.3 is 10.6 Å². The van der Waals surface area contributed by atoms with Gasteiger partial charge in [-0.1, -0.05) is 61.3 Å². The molecule has 2 aromatic rings. The monoisotopic (exact) mass is 366 g/mol. The third-order valence-electron chi connectivity index (χ3n) is 3.63. The Hall–Kier alpha value is -1.29. The second kappa shape index (κ2) is 8.00. The zero-order chi connectivity index (χ0) is 17.0. The lowest BCUT2D eigenvalue weighted by Crippen LogP contribution is -2.31. The summed E-state index contributed by atoms with van der Waals surface area (Å²) in [6, 6.07) is 13.9. The van der Waals surface area contributed by atoms with Crippen LogP contribution in [0.1, 0.15) is 43.9 Å². The fourth-order valence-electron chi connectivity index (χ4n) is 2.20. The summed E-state index contributed by atoms with van der Waals surface area (Å²) in [5, 5.41) is 8.04. The van der Waals surface area contributed by atoms with Gasteiger partial charge in [0.1, 0.15) is 0 Å². The van der Waals surface area contributed by atoms with Gasteiger partial charge in [0.25, 0.3) is 0 Å². The van der Waals surface area contributed by atoms with Gasteiger partial charge in [0.2, 0.25) is 0 Å². The smallest absolute Gasteiger partial charge is 0.171 e. The van der Waals surface area contributed by atoms with Crippen molar-refractivity contribution in [3.05, 3.63) is 63.6 Å². The molecule has 0 radical (unpaired) electrons. The number of hydrogen-bond donors (Lipinski definition) is 2. The number of halogens is 2. The largest absolute Gasteiger partial charge is 0.356 e. The summed E-state index contributed by atoms with van der Waals surface area (Å²) in [6.07, 6.45) is 0. The molecule has 1 unspecified atom stereocenters. The summed E-state index contributed by atoms with van der Waals surface area (Å²) >= 11 is 17.5. The molecule has 5 heteroatoms. The number of rotatable bonds is 4. The second-order valence-electron chi connectivity index (χ2n) is 5.77. The Balaban J connectivity index is 2.00. The van der Waals surface area contributed by atoms with Gasteiger partial charge in [0, 0.05) is 5.02 Å². The van der Waals surface area contributed by atoms with Crippen molar-refractivity contribution in [1.82, 2.24) is 5.32 Å². The zero-order valence-electron chi connectivity index (χ0n) is 13.4. The van der Waals surface area contributed by atoms with Crippen LogP contribution >= 0.6 is 35.4 Å². The minimum Gasteiger partial charge on any atom is -0.356 e. The molecule has 2 nitrogen and oxygen atoms in total. The zero-order valence-corrected chi connectivity index (χ0v) is 15.7. The quantitative estimate of drug-likeness (QED) is 0.633. The predicted molar refractivity (Wildman–Crippen MR) is 105 cm³/mol. The first-order valence-electron chi connectivity index (χ1n) is 7.49. The SMILES string of the molecule is CC(C)c1ccc(C(C)NC(=S)Nc2cc(Cl)ccc2Cl)cc1. The van der Waals surface area contributed by atoms with Crippen LogP contribution in [0.15, 0.2) is 42.5 Å². The lowest BCUT2D eigenvalue weighted by atomic mass is 10.00. The summed E-state index contributed by atoms with van der Waals surface area (Å²) in [7, 11) is 0. The highest BCUT2D eigenvalue weighted by atomic mass is 35.5. The third-order valence-corrected chi connectivity index (χ3v) is 4.41. The number of thiocarbonyl (C=S) groups is 1. The van der Waals surface area contributed by atoms with E-state index in [0.717, 1.165) is 0 Å². The van der Waals surface area contributed by atoms with Crippen molar-refractivity contribution >= 4 is 46.2 Å². The van der Waals surface area contributed by atoms with E-state index in [2.05, 4.69) is 55.7 Å². The molecule has 0 saturated heterocycles. The van der Waals surface area contributed by atoms with Crippen molar-refractivity contribution in [2.24, 2.45) is 0 Å². The molecule has 122 valence electrons. The van der Waals surface area contributed by atoms with E-state index in [4.69, 9.17) is 35.4 Å². The van der Waals surface area contributed by atoms with Crippen molar-refractivity contribution in [1.29, 1.82) is 0 Å². The van der Waals surface area contributed by atoms with Crippen LogP contribution in [-0.4, -0.2) is 5.11 Å². The average molecular weight is 367 g/mol. The van der Waals surface area contributed by atoms with E-state index in [-0.39, 0.29) is 6.04 Å². The summed E-state index contributed by atoms with van der Waals surface area (Å²) in [5.74, 6) is 0.528. The fraction of sp³-hybridized carbons (Fsp3) is 0.278. The van der Waals surface area contributed by atoms with Crippen LogP contribution in [-0.2, 0) is 0 Å². The molecule has 2 N–H and O–H groups in total. The van der Waals surface area contributed by atoms with Crippen LogP contribution < -0.4 is 10.6 Å². The predicted octanol–water partition coefficient (Wildman–Crippen LogP) is 6.16. The molecular weight excluding hydrogens is 347 g/mol. The van der Waals surface area contributed by atoms with Crippen molar-refractivity contribution in [3.63, 3.8) is 0 Å². The molecule has 0 spiro atoms. The van der Waals surface area contributed by atoms with Crippen LogP contribution in [0.3, 0.4) is 0 Å². The minimum absolute atomic E-state index is 0.0918. The highest BCUT2D eigenvalue weighted by Gasteiger charge is 2.09. The van der Waals surface area contributed by atoms with Gasteiger partial charge in [-0.3, -0.25) is 0 Å². The Morgan fingerprint density at radius 1 is 0.957 bits per heavy atom. The molecule has 0 aliphatic carbocycles. The summed E-state index contributed by atoms with van der Waals surface area (Å²) < 4.78 is 0. The second-order valence-corrected chi connectivity index (χ2v) is 7.02. The Morgan fingerprint density at radius 2 is 1.57 bits per heavy atom. The highest BCUT2D eigenvalue weighted by Crippen LogP contribution is 2.25. The Kier molecular flexibility index (Phi) is 6.28. The summed E-state index contributed by atoms with van der Waals surface area (Å²) in [6.45, 7) is 6.44. The average Bonchev–Trinajstić information content (AvgIpc) is 2.51. The highest BCUT2D eigenvalue weighted by molar-refractivity contribution is 7.80. The minimum atomic E-state index is 0.0918. The first kappa shape index (κ1) is 18.1. The van der Waals surface area contributed by atoms with Crippen molar-refractivity contribution in [2.45, 2.75) is 32.7 Å². The first-order chi connectivity index (χ1) is 10.9. The van der Waals surface area contributed by atoms with E-state index in [9.17, 15) is 0 Å². The van der Waals surface area contributed by atoms with Crippen LogP contribution in [0.4, 0.5) is 5.69 Å². The molecule has 0 aromatic heterocycles. The molecule has 23 heavy (non-hydrogen) atoms. The van der Waals surface area contributed by atoms with Crippen molar-refractivity contribution in [2.75, 3.05) is 5.32 Å². The lowest BCUT2D eigenvalue weighted by Gasteiger charge is -2.18. The van der Waals surface area contributed by atoms with Crippen LogP contribution in [0.25, 0.3) is 0 Å². The maximum absolute atomic E-state index is 6.13. The fourth-order valence-corrected chi connectivity index (χ4v) is 2.82. The topological polar surface area (TPSA) is 24.1 Å². The van der Waals surface area contributed by atoms with Crippen LogP contribution in [0.2, 0.25) is 10.0 Å². The van der Waals surface area contributed by atoms with Crippen LogP contribution in [0, 0.1) is 0 Å². The van der Waals surface area contributed by atoms with Gasteiger partial charge in [-0.05, 0) is 54.4 Å².